The van der Waals surface area contributed by atoms with Crippen LogP contribution in [-0.4, -0.2) is 4.98 Å². The third kappa shape index (κ3) is 1.16. The first-order valence-corrected chi connectivity index (χ1v) is 4.76. The second-order valence-electron chi connectivity index (χ2n) is 3.66. The molecule has 3 heteroatoms. The molecule has 0 bridgehead atoms. The Bertz CT molecular complexity index is 706. The zero-order valence-electron chi connectivity index (χ0n) is 8.20. The lowest BCUT2D eigenvalue weighted by Gasteiger charge is -2.00. The Morgan fingerprint density at radius 3 is 3.00 bits per heavy atom. The highest BCUT2D eigenvalue weighted by atomic mass is 16.4. The van der Waals surface area contributed by atoms with Crippen molar-refractivity contribution in [1.29, 1.82) is 0 Å². The first kappa shape index (κ1) is 8.29. The summed E-state index contributed by atoms with van der Waals surface area (Å²) in [6, 6.07) is 7.35. The smallest absolute Gasteiger partial charge is 0.336 e. The number of benzene rings is 1. The van der Waals surface area contributed by atoms with Crippen LogP contribution in [0.1, 0.15) is 5.56 Å². The number of H-pyrrole nitrogens is 1. The summed E-state index contributed by atoms with van der Waals surface area (Å²) >= 11 is 0. The molecule has 74 valence electrons. The molecule has 0 fully saturated rings. The Labute approximate surface area is 85.3 Å². The van der Waals surface area contributed by atoms with Gasteiger partial charge in [0.1, 0.15) is 5.58 Å². The molecule has 0 atom stereocenters. The molecule has 2 aromatic heterocycles. The highest BCUT2D eigenvalue weighted by Crippen LogP contribution is 2.22. The largest absolute Gasteiger partial charge is 0.423 e. The minimum absolute atomic E-state index is 0.296. The Morgan fingerprint density at radius 2 is 2.13 bits per heavy atom. The maximum absolute atomic E-state index is 11.2. The van der Waals surface area contributed by atoms with Crippen molar-refractivity contribution in [2.75, 3.05) is 0 Å². The second kappa shape index (κ2) is 2.73. The normalized spacial score (nSPS) is 11.3. The van der Waals surface area contributed by atoms with Crippen molar-refractivity contribution in [1.82, 2.24) is 4.98 Å². The summed E-state index contributed by atoms with van der Waals surface area (Å²) in [5, 5.41) is 2.03. The maximum Gasteiger partial charge on any atom is 0.336 e. The molecule has 0 unspecified atom stereocenters. The van der Waals surface area contributed by atoms with Crippen LogP contribution in [0, 0.1) is 6.92 Å². The number of fused-ring (bicyclic) bond motifs is 2. The SMILES string of the molecule is Cc1cc(=O)oc2cc3cc[nH]c3cc12. The minimum Gasteiger partial charge on any atom is -0.423 e. The van der Waals surface area contributed by atoms with Gasteiger partial charge in [0.2, 0.25) is 0 Å². The molecule has 15 heavy (non-hydrogen) atoms. The van der Waals surface area contributed by atoms with E-state index in [0.717, 1.165) is 21.9 Å². The Hall–Kier alpha value is -2.03. The molecule has 0 aliphatic rings. The van der Waals surface area contributed by atoms with Crippen molar-refractivity contribution in [3.63, 3.8) is 0 Å². The van der Waals surface area contributed by atoms with E-state index in [1.54, 1.807) is 0 Å². The van der Waals surface area contributed by atoms with Crippen molar-refractivity contribution in [3.05, 3.63) is 46.4 Å². The number of aryl methyl sites for hydroxylation is 1. The van der Waals surface area contributed by atoms with Gasteiger partial charge >= 0.3 is 5.63 Å². The van der Waals surface area contributed by atoms with Crippen LogP contribution in [0.4, 0.5) is 0 Å². The van der Waals surface area contributed by atoms with E-state index < -0.39 is 0 Å². The van der Waals surface area contributed by atoms with Gasteiger partial charge in [-0.1, -0.05) is 0 Å². The molecular formula is C12H9NO2. The summed E-state index contributed by atoms with van der Waals surface area (Å²) in [6.45, 7) is 1.91. The van der Waals surface area contributed by atoms with Crippen LogP contribution in [0.15, 0.2) is 39.7 Å². The van der Waals surface area contributed by atoms with Crippen LogP contribution < -0.4 is 5.63 Å². The molecular weight excluding hydrogens is 190 g/mol. The van der Waals surface area contributed by atoms with Gasteiger partial charge in [-0.25, -0.2) is 4.79 Å². The van der Waals surface area contributed by atoms with Crippen LogP contribution in [0.3, 0.4) is 0 Å². The van der Waals surface area contributed by atoms with E-state index in [-0.39, 0.29) is 5.63 Å². The molecule has 0 spiro atoms. The topological polar surface area (TPSA) is 46.0 Å². The summed E-state index contributed by atoms with van der Waals surface area (Å²) in [6.07, 6.45) is 1.87. The average molecular weight is 199 g/mol. The highest BCUT2D eigenvalue weighted by molar-refractivity contribution is 5.95. The van der Waals surface area contributed by atoms with E-state index in [0.29, 0.717) is 5.58 Å². The van der Waals surface area contributed by atoms with Gasteiger partial charge in [-0.2, -0.15) is 0 Å². The van der Waals surface area contributed by atoms with Gasteiger partial charge in [-0.15, -0.1) is 0 Å². The van der Waals surface area contributed by atoms with Crippen molar-refractivity contribution < 1.29 is 4.42 Å². The minimum atomic E-state index is -0.296. The first-order chi connectivity index (χ1) is 7.24. The lowest BCUT2D eigenvalue weighted by atomic mass is 10.1. The highest BCUT2D eigenvalue weighted by Gasteiger charge is 2.04. The third-order valence-corrected chi connectivity index (χ3v) is 2.62. The van der Waals surface area contributed by atoms with Crippen molar-refractivity contribution >= 4 is 21.9 Å². The standard InChI is InChI=1S/C12H9NO2/c1-7-4-12(14)15-11-5-8-2-3-13-10(8)6-9(7)11/h2-6,13H,1H3. The zero-order valence-corrected chi connectivity index (χ0v) is 8.20. The summed E-state index contributed by atoms with van der Waals surface area (Å²) in [5.74, 6) is 0. The summed E-state index contributed by atoms with van der Waals surface area (Å²) < 4.78 is 5.15. The van der Waals surface area contributed by atoms with Gasteiger partial charge < -0.3 is 9.40 Å². The molecule has 2 heterocycles. The van der Waals surface area contributed by atoms with E-state index in [2.05, 4.69) is 4.98 Å². The van der Waals surface area contributed by atoms with Gasteiger partial charge in [0, 0.05) is 28.6 Å². The van der Waals surface area contributed by atoms with Crippen molar-refractivity contribution in [2.45, 2.75) is 6.92 Å². The maximum atomic E-state index is 11.2. The summed E-state index contributed by atoms with van der Waals surface area (Å²) in [5.41, 5.74) is 2.35. The van der Waals surface area contributed by atoms with Gasteiger partial charge in [-0.05, 0) is 30.7 Å². The second-order valence-corrected chi connectivity index (χ2v) is 3.66. The van der Waals surface area contributed by atoms with E-state index in [1.165, 1.54) is 6.07 Å². The fourth-order valence-electron chi connectivity index (χ4n) is 1.86. The molecule has 0 radical (unpaired) electrons. The Morgan fingerprint density at radius 1 is 1.27 bits per heavy atom. The monoisotopic (exact) mass is 199 g/mol. The molecule has 0 aliphatic heterocycles. The number of aromatic amines is 1. The summed E-state index contributed by atoms with van der Waals surface area (Å²) in [4.78, 5) is 14.3. The molecule has 1 N–H and O–H groups in total. The van der Waals surface area contributed by atoms with Crippen LogP contribution in [0.5, 0.6) is 0 Å². The zero-order chi connectivity index (χ0) is 10.4. The van der Waals surface area contributed by atoms with Crippen LogP contribution in [-0.2, 0) is 0 Å². The van der Waals surface area contributed by atoms with Crippen LogP contribution in [0.25, 0.3) is 21.9 Å². The molecule has 0 aliphatic carbocycles. The lowest BCUT2D eigenvalue weighted by Crippen LogP contribution is -1.97. The van der Waals surface area contributed by atoms with Gasteiger partial charge in [-0.3, -0.25) is 0 Å². The van der Waals surface area contributed by atoms with E-state index in [9.17, 15) is 4.79 Å². The number of hydrogen-bond acceptors (Lipinski definition) is 2. The fourth-order valence-corrected chi connectivity index (χ4v) is 1.86. The number of aromatic nitrogens is 1. The molecule has 3 nitrogen and oxygen atoms in total. The van der Waals surface area contributed by atoms with Gasteiger partial charge in [0.25, 0.3) is 0 Å². The quantitative estimate of drug-likeness (QED) is 0.565. The average Bonchev–Trinajstić information content (AvgIpc) is 2.61. The number of nitrogens with one attached hydrogen (secondary N) is 1. The molecule has 0 saturated heterocycles. The Kier molecular flexibility index (Phi) is 1.51. The first-order valence-electron chi connectivity index (χ1n) is 4.76. The van der Waals surface area contributed by atoms with E-state index in [4.69, 9.17) is 4.42 Å². The van der Waals surface area contributed by atoms with Gasteiger partial charge in [0.05, 0.1) is 0 Å². The van der Waals surface area contributed by atoms with Gasteiger partial charge in [0.15, 0.2) is 0 Å². The number of hydrogen-bond donors (Lipinski definition) is 1. The third-order valence-electron chi connectivity index (χ3n) is 2.62. The molecule has 1 aromatic carbocycles. The summed E-state index contributed by atoms with van der Waals surface area (Å²) in [7, 11) is 0. The number of rotatable bonds is 0. The lowest BCUT2D eigenvalue weighted by molar-refractivity contribution is 0.560. The van der Waals surface area contributed by atoms with Crippen LogP contribution in [0.2, 0.25) is 0 Å². The molecule has 0 amide bonds. The van der Waals surface area contributed by atoms with Crippen LogP contribution >= 0.6 is 0 Å². The fraction of sp³-hybridized carbons (Fsp3) is 0.0833. The van der Waals surface area contributed by atoms with Crippen molar-refractivity contribution in [2.24, 2.45) is 0 Å². The Balaban J connectivity index is 2.59. The van der Waals surface area contributed by atoms with E-state index in [1.807, 2.05) is 31.3 Å². The molecule has 3 rings (SSSR count). The van der Waals surface area contributed by atoms with Crippen molar-refractivity contribution in [3.8, 4) is 0 Å². The predicted octanol–water partition coefficient (Wildman–Crippen LogP) is 2.58. The predicted molar refractivity (Wildman–Crippen MR) is 59.1 cm³/mol. The molecule has 0 saturated carbocycles. The molecule has 3 aromatic rings. The van der Waals surface area contributed by atoms with E-state index >= 15 is 0 Å².